The lowest BCUT2D eigenvalue weighted by atomic mass is 9.96. The Labute approximate surface area is 123 Å². The first kappa shape index (κ1) is 13.8. The second-order valence-electron chi connectivity index (χ2n) is 5.77. The van der Waals surface area contributed by atoms with Gasteiger partial charge in [0.05, 0.1) is 5.92 Å². The van der Waals surface area contributed by atoms with Gasteiger partial charge in [-0.25, -0.2) is 4.98 Å². The fourth-order valence-electron chi connectivity index (χ4n) is 3.21. The highest BCUT2D eigenvalue weighted by atomic mass is 32.1. The molecule has 0 saturated carbocycles. The molecule has 6 heteroatoms. The Morgan fingerprint density at radius 1 is 1.35 bits per heavy atom. The van der Waals surface area contributed by atoms with E-state index in [4.69, 9.17) is 5.73 Å². The van der Waals surface area contributed by atoms with Crippen LogP contribution >= 0.6 is 11.3 Å². The van der Waals surface area contributed by atoms with Gasteiger partial charge in [0.15, 0.2) is 5.13 Å². The number of carbonyl (C=O) groups excluding carboxylic acids is 1. The first-order valence-corrected chi connectivity index (χ1v) is 8.25. The van der Waals surface area contributed by atoms with E-state index in [0.29, 0.717) is 11.0 Å². The number of rotatable bonds is 3. The summed E-state index contributed by atoms with van der Waals surface area (Å²) in [5.74, 6) is 0.558. The molecule has 0 aromatic carbocycles. The molecule has 2 fully saturated rings. The molecule has 0 spiro atoms. The number of hydrogen-bond donors (Lipinski definition) is 1. The van der Waals surface area contributed by atoms with Crippen molar-refractivity contribution in [1.82, 2.24) is 14.8 Å². The minimum Gasteiger partial charge on any atom is -0.375 e. The topological polar surface area (TPSA) is 62.5 Å². The Morgan fingerprint density at radius 2 is 2.15 bits per heavy atom. The van der Waals surface area contributed by atoms with Gasteiger partial charge >= 0.3 is 0 Å². The smallest absolute Gasteiger partial charge is 0.226 e. The van der Waals surface area contributed by atoms with Crippen LogP contribution in [0.25, 0.3) is 0 Å². The molecule has 2 saturated heterocycles. The largest absolute Gasteiger partial charge is 0.375 e. The summed E-state index contributed by atoms with van der Waals surface area (Å²) in [5, 5.41) is 0.627. The number of amides is 1. The normalized spacial score (nSPS) is 24.2. The van der Waals surface area contributed by atoms with Crippen LogP contribution in [-0.4, -0.2) is 46.9 Å². The zero-order chi connectivity index (χ0) is 13.9. The number of piperidine rings is 1. The Hall–Kier alpha value is -1.14. The highest BCUT2D eigenvalue weighted by Gasteiger charge is 2.30. The number of carbonyl (C=O) groups is 1. The van der Waals surface area contributed by atoms with E-state index >= 15 is 0 Å². The van der Waals surface area contributed by atoms with Crippen LogP contribution in [0, 0.1) is 5.92 Å². The summed E-state index contributed by atoms with van der Waals surface area (Å²) >= 11 is 1.55. The van der Waals surface area contributed by atoms with Crippen molar-refractivity contribution in [2.75, 3.05) is 31.9 Å². The second-order valence-corrected chi connectivity index (χ2v) is 6.92. The molecular weight excluding hydrogens is 272 g/mol. The van der Waals surface area contributed by atoms with Gasteiger partial charge in [-0.3, -0.25) is 9.69 Å². The molecular formula is C14H22N4OS. The van der Waals surface area contributed by atoms with Gasteiger partial charge in [0.25, 0.3) is 0 Å². The summed E-state index contributed by atoms with van der Waals surface area (Å²) < 4.78 is 0. The standard InChI is InChI=1S/C14H22N4OS/c15-14-16-8-12(20-14)10-17-5-3-4-11(9-17)13(19)18-6-1-2-7-18/h8,11H,1-7,9-10H2,(H2,15,16). The lowest BCUT2D eigenvalue weighted by molar-refractivity contribution is -0.136. The van der Waals surface area contributed by atoms with Crippen molar-refractivity contribution in [3.63, 3.8) is 0 Å². The van der Waals surface area contributed by atoms with Gasteiger partial charge < -0.3 is 10.6 Å². The first-order chi connectivity index (χ1) is 9.72. The number of nitrogens with zero attached hydrogens (tertiary/aromatic N) is 3. The van der Waals surface area contributed by atoms with Crippen LogP contribution in [0.15, 0.2) is 6.20 Å². The third-order valence-electron chi connectivity index (χ3n) is 4.22. The number of likely N-dealkylation sites (tertiary alicyclic amines) is 2. The van der Waals surface area contributed by atoms with E-state index in [-0.39, 0.29) is 5.92 Å². The molecule has 1 amide bonds. The zero-order valence-corrected chi connectivity index (χ0v) is 12.6. The fourth-order valence-corrected chi connectivity index (χ4v) is 3.94. The summed E-state index contributed by atoms with van der Waals surface area (Å²) in [7, 11) is 0. The average Bonchev–Trinajstić information content (AvgIpc) is 3.10. The van der Waals surface area contributed by atoms with Crippen molar-refractivity contribution in [3.05, 3.63) is 11.1 Å². The number of hydrogen-bond acceptors (Lipinski definition) is 5. The molecule has 0 radical (unpaired) electrons. The Morgan fingerprint density at radius 3 is 2.85 bits per heavy atom. The van der Waals surface area contributed by atoms with E-state index in [2.05, 4.69) is 14.8 Å². The summed E-state index contributed by atoms with van der Waals surface area (Å²) in [5.41, 5.74) is 5.67. The zero-order valence-electron chi connectivity index (χ0n) is 11.8. The highest BCUT2D eigenvalue weighted by Crippen LogP contribution is 2.24. The SMILES string of the molecule is Nc1ncc(CN2CCCC(C(=O)N3CCCC3)C2)s1. The van der Waals surface area contributed by atoms with Gasteiger partial charge in [0, 0.05) is 37.3 Å². The van der Waals surface area contributed by atoms with Gasteiger partial charge in [-0.05, 0) is 32.2 Å². The molecule has 2 aliphatic rings. The van der Waals surface area contributed by atoms with E-state index in [1.165, 1.54) is 17.7 Å². The van der Waals surface area contributed by atoms with Crippen molar-refractivity contribution in [2.45, 2.75) is 32.2 Å². The third-order valence-corrected chi connectivity index (χ3v) is 5.03. The average molecular weight is 294 g/mol. The number of nitrogen functional groups attached to an aromatic ring is 1. The quantitative estimate of drug-likeness (QED) is 0.919. The van der Waals surface area contributed by atoms with Crippen molar-refractivity contribution >= 4 is 22.4 Å². The first-order valence-electron chi connectivity index (χ1n) is 7.43. The molecule has 5 nitrogen and oxygen atoms in total. The number of nitrogens with two attached hydrogens (primary N) is 1. The molecule has 1 aromatic heterocycles. The summed E-state index contributed by atoms with van der Waals surface area (Å²) in [6.07, 6.45) is 6.34. The van der Waals surface area contributed by atoms with Crippen molar-refractivity contribution in [3.8, 4) is 0 Å². The van der Waals surface area contributed by atoms with Crippen LogP contribution in [0.4, 0.5) is 5.13 Å². The van der Waals surface area contributed by atoms with Crippen molar-refractivity contribution in [2.24, 2.45) is 5.92 Å². The van der Waals surface area contributed by atoms with Crippen molar-refractivity contribution in [1.29, 1.82) is 0 Å². The van der Waals surface area contributed by atoms with Crippen LogP contribution in [0.3, 0.4) is 0 Å². The second kappa shape index (κ2) is 6.10. The fraction of sp³-hybridized carbons (Fsp3) is 0.714. The molecule has 1 atom stereocenters. The highest BCUT2D eigenvalue weighted by molar-refractivity contribution is 7.15. The molecule has 0 aliphatic carbocycles. The Balaban J connectivity index is 1.57. The van der Waals surface area contributed by atoms with Crippen LogP contribution in [0.5, 0.6) is 0 Å². The predicted octanol–water partition coefficient (Wildman–Crippen LogP) is 1.56. The van der Waals surface area contributed by atoms with Crippen molar-refractivity contribution < 1.29 is 4.79 Å². The summed E-state index contributed by atoms with van der Waals surface area (Å²) in [6, 6.07) is 0. The third kappa shape index (κ3) is 3.12. The Bertz CT molecular complexity index is 469. The van der Waals surface area contributed by atoms with E-state index < -0.39 is 0 Å². The van der Waals surface area contributed by atoms with Crippen LogP contribution in [0.2, 0.25) is 0 Å². The van der Waals surface area contributed by atoms with E-state index in [1.54, 1.807) is 11.3 Å². The lowest BCUT2D eigenvalue weighted by Crippen LogP contribution is -2.43. The van der Waals surface area contributed by atoms with Gasteiger partial charge in [0.1, 0.15) is 0 Å². The van der Waals surface area contributed by atoms with Gasteiger partial charge in [-0.2, -0.15) is 0 Å². The molecule has 2 N–H and O–H groups in total. The molecule has 1 unspecified atom stereocenters. The summed E-state index contributed by atoms with van der Waals surface area (Å²) in [4.78, 5) is 22.2. The monoisotopic (exact) mass is 294 g/mol. The van der Waals surface area contributed by atoms with Gasteiger partial charge in [-0.1, -0.05) is 0 Å². The molecule has 110 valence electrons. The maximum atomic E-state index is 12.5. The molecule has 3 rings (SSSR count). The maximum Gasteiger partial charge on any atom is 0.226 e. The minimum atomic E-state index is 0.187. The molecule has 0 bridgehead atoms. The van der Waals surface area contributed by atoms with Crippen LogP contribution < -0.4 is 5.73 Å². The van der Waals surface area contributed by atoms with E-state index in [9.17, 15) is 4.79 Å². The van der Waals surface area contributed by atoms with E-state index in [1.807, 2.05) is 6.20 Å². The number of thiazole rings is 1. The summed E-state index contributed by atoms with van der Waals surface area (Å²) in [6.45, 7) is 4.74. The molecule has 20 heavy (non-hydrogen) atoms. The molecule has 2 aliphatic heterocycles. The van der Waals surface area contributed by atoms with E-state index in [0.717, 1.165) is 45.6 Å². The predicted molar refractivity (Wildman–Crippen MR) is 80.3 cm³/mol. The maximum absolute atomic E-state index is 12.5. The minimum absolute atomic E-state index is 0.187. The number of aromatic nitrogens is 1. The van der Waals surface area contributed by atoms with Crippen LogP contribution in [0.1, 0.15) is 30.6 Å². The Kier molecular flexibility index (Phi) is 4.21. The molecule has 1 aromatic rings. The van der Waals surface area contributed by atoms with Gasteiger partial charge in [0.2, 0.25) is 5.91 Å². The number of anilines is 1. The van der Waals surface area contributed by atoms with Crippen LogP contribution in [-0.2, 0) is 11.3 Å². The lowest BCUT2D eigenvalue weighted by Gasteiger charge is -2.33. The van der Waals surface area contributed by atoms with Gasteiger partial charge in [-0.15, -0.1) is 11.3 Å². The molecule has 3 heterocycles.